The van der Waals surface area contributed by atoms with E-state index in [1.54, 1.807) is 12.4 Å². The Hall–Kier alpha value is -3.51. The minimum absolute atomic E-state index is 0.278. The zero-order valence-electron chi connectivity index (χ0n) is 15.9. The molecule has 1 unspecified atom stereocenters. The first-order valence-corrected chi connectivity index (χ1v) is 9.25. The van der Waals surface area contributed by atoms with Crippen molar-refractivity contribution in [1.82, 2.24) is 9.97 Å². The van der Waals surface area contributed by atoms with E-state index in [2.05, 4.69) is 16.0 Å². The van der Waals surface area contributed by atoms with Crippen LogP contribution < -0.4 is 4.74 Å². The van der Waals surface area contributed by atoms with Crippen molar-refractivity contribution in [1.29, 1.82) is 0 Å². The molecule has 0 saturated heterocycles. The number of pyridine rings is 2. The van der Waals surface area contributed by atoms with Gasteiger partial charge in [-0.1, -0.05) is 18.2 Å². The summed E-state index contributed by atoms with van der Waals surface area (Å²) in [5, 5.41) is 9.15. The fraction of sp³-hybridized carbons (Fsp3) is 0.174. The maximum atomic E-state index is 11.2. The molecular formula is C23H20N2O4. The number of benzene rings is 1. The molecule has 0 spiro atoms. The van der Waals surface area contributed by atoms with Crippen LogP contribution in [0.3, 0.4) is 0 Å². The fourth-order valence-electron chi connectivity index (χ4n) is 3.48. The Morgan fingerprint density at radius 3 is 2.86 bits per heavy atom. The van der Waals surface area contributed by atoms with Crippen LogP contribution >= 0.6 is 0 Å². The number of carbonyl (C=O) groups is 1. The van der Waals surface area contributed by atoms with Crippen LogP contribution in [0.25, 0.3) is 16.7 Å². The second-order valence-electron chi connectivity index (χ2n) is 6.66. The summed E-state index contributed by atoms with van der Waals surface area (Å²) in [7, 11) is 1.39. The average Bonchev–Trinajstić information content (AvgIpc) is 3.06. The molecule has 0 aliphatic heterocycles. The SMILES string of the molecule is COC(Cc1cccc(OCC=C2c3cnccc3-c3cccnc32)c1)C(=O)O. The lowest BCUT2D eigenvalue weighted by atomic mass is 10.1. The van der Waals surface area contributed by atoms with Crippen molar-refractivity contribution in [2.75, 3.05) is 13.7 Å². The van der Waals surface area contributed by atoms with Crippen molar-refractivity contribution < 1.29 is 19.4 Å². The predicted molar refractivity (Wildman–Crippen MR) is 109 cm³/mol. The fourth-order valence-corrected chi connectivity index (χ4v) is 3.48. The van der Waals surface area contributed by atoms with E-state index in [0.29, 0.717) is 12.4 Å². The number of carboxylic acid groups (broad SMARTS) is 1. The molecule has 2 aromatic heterocycles. The molecule has 1 aromatic carbocycles. The van der Waals surface area contributed by atoms with Gasteiger partial charge >= 0.3 is 5.97 Å². The number of rotatable bonds is 7. The molecule has 146 valence electrons. The molecule has 2 heterocycles. The summed E-state index contributed by atoms with van der Waals surface area (Å²) in [5.74, 6) is -0.312. The molecule has 29 heavy (non-hydrogen) atoms. The predicted octanol–water partition coefficient (Wildman–Crippen LogP) is 3.61. The Balaban J connectivity index is 1.51. The smallest absolute Gasteiger partial charge is 0.333 e. The van der Waals surface area contributed by atoms with Crippen molar-refractivity contribution in [3.63, 3.8) is 0 Å². The molecule has 0 radical (unpaired) electrons. The topological polar surface area (TPSA) is 81.5 Å². The van der Waals surface area contributed by atoms with Crippen LogP contribution in [-0.2, 0) is 16.0 Å². The summed E-state index contributed by atoms with van der Waals surface area (Å²) in [6.07, 6.45) is 6.81. The molecule has 1 atom stereocenters. The number of hydrogen-bond donors (Lipinski definition) is 1. The first-order valence-electron chi connectivity index (χ1n) is 9.25. The van der Waals surface area contributed by atoms with E-state index in [-0.39, 0.29) is 6.42 Å². The highest BCUT2D eigenvalue weighted by Crippen LogP contribution is 2.42. The van der Waals surface area contributed by atoms with Crippen molar-refractivity contribution in [3.8, 4) is 16.9 Å². The monoisotopic (exact) mass is 388 g/mol. The van der Waals surface area contributed by atoms with Gasteiger partial charge in [0.25, 0.3) is 0 Å². The summed E-state index contributed by atoms with van der Waals surface area (Å²) < 4.78 is 10.9. The van der Waals surface area contributed by atoms with Crippen LogP contribution in [0.15, 0.2) is 67.1 Å². The lowest BCUT2D eigenvalue weighted by molar-refractivity contribution is -0.148. The Labute approximate surface area is 168 Å². The number of methoxy groups -OCH3 is 1. The van der Waals surface area contributed by atoms with Crippen LogP contribution in [0.1, 0.15) is 16.8 Å². The summed E-state index contributed by atoms with van der Waals surface area (Å²) in [5.41, 5.74) is 6.03. The molecule has 6 heteroatoms. The van der Waals surface area contributed by atoms with E-state index in [1.165, 1.54) is 7.11 Å². The number of aromatic nitrogens is 2. The van der Waals surface area contributed by atoms with Crippen LogP contribution in [0.5, 0.6) is 5.75 Å². The molecule has 1 N–H and O–H groups in total. The van der Waals surface area contributed by atoms with Gasteiger partial charge < -0.3 is 14.6 Å². The van der Waals surface area contributed by atoms with Crippen molar-refractivity contribution in [2.45, 2.75) is 12.5 Å². The quantitative estimate of drug-likeness (QED) is 0.521. The van der Waals surface area contributed by atoms with Gasteiger partial charge in [-0.05, 0) is 41.5 Å². The highest BCUT2D eigenvalue weighted by molar-refractivity contribution is 5.99. The van der Waals surface area contributed by atoms with Gasteiger partial charge in [0.05, 0.1) is 5.69 Å². The Morgan fingerprint density at radius 1 is 1.14 bits per heavy atom. The average molecular weight is 388 g/mol. The van der Waals surface area contributed by atoms with Crippen molar-refractivity contribution >= 4 is 11.5 Å². The maximum absolute atomic E-state index is 11.2. The highest BCUT2D eigenvalue weighted by Gasteiger charge is 2.24. The summed E-state index contributed by atoms with van der Waals surface area (Å²) in [4.78, 5) is 19.9. The van der Waals surface area contributed by atoms with Crippen LogP contribution in [0.2, 0.25) is 0 Å². The van der Waals surface area contributed by atoms with E-state index in [0.717, 1.165) is 33.5 Å². The second kappa shape index (κ2) is 8.24. The first-order chi connectivity index (χ1) is 14.2. The molecule has 1 aliphatic carbocycles. The molecule has 1 aliphatic rings. The van der Waals surface area contributed by atoms with E-state index in [1.807, 2.05) is 48.7 Å². The van der Waals surface area contributed by atoms with E-state index < -0.39 is 12.1 Å². The lowest BCUT2D eigenvalue weighted by Gasteiger charge is -2.11. The number of fused-ring (bicyclic) bond motifs is 3. The van der Waals surface area contributed by atoms with Gasteiger partial charge in [-0.2, -0.15) is 0 Å². The Morgan fingerprint density at radius 2 is 2.03 bits per heavy atom. The van der Waals surface area contributed by atoms with Crippen molar-refractivity contribution in [3.05, 3.63) is 84.0 Å². The summed E-state index contributed by atoms with van der Waals surface area (Å²) in [6.45, 7) is 0.357. The van der Waals surface area contributed by atoms with Crippen LogP contribution in [0, 0.1) is 0 Å². The molecule has 0 fully saturated rings. The third kappa shape index (κ3) is 3.88. The molecule has 0 bridgehead atoms. The molecule has 0 amide bonds. The zero-order valence-corrected chi connectivity index (χ0v) is 15.9. The normalized spacial score (nSPS) is 14.3. The maximum Gasteiger partial charge on any atom is 0.333 e. The molecule has 6 nitrogen and oxygen atoms in total. The van der Waals surface area contributed by atoms with E-state index in [9.17, 15) is 4.79 Å². The first kappa shape index (κ1) is 18.8. The third-order valence-corrected chi connectivity index (χ3v) is 4.88. The van der Waals surface area contributed by atoms with Gasteiger partial charge in [0.1, 0.15) is 12.4 Å². The van der Waals surface area contributed by atoms with Gasteiger partial charge in [-0.15, -0.1) is 0 Å². The largest absolute Gasteiger partial charge is 0.490 e. The summed E-state index contributed by atoms with van der Waals surface area (Å²) >= 11 is 0. The molecule has 4 rings (SSSR count). The minimum Gasteiger partial charge on any atom is -0.490 e. The molecule has 0 saturated carbocycles. The number of carboxylic acids is 1. The van der Waals surface area contributed by atoms with Crippen LogP contribution in [0.4, 0.5) is 0 Å². The van der Waals surface area contributed by atoms with Gasteiger partial charge in [0.2, 0.25) is 0 Å². The lowest BCUT2D eigenvalue weighted by Crippen LogP contribution is -2.24. The minimum atomic E-state index is -0.983. The van der Waals surface area contributed by atoms with Crippen LogP contribution in [-0.4, -0.2) is 40.9 Å². The zero-order chi connectivity index (χ0) is 20.2. The van der Waals surface area contributed by atoms with Crippen molar-refractivity contribution in [2.24, 2.45) is 0 Å². The van der Waals surface area contributed by atoms with E-state index >= 15 is 0 Å². The Kier molecular flexibility index (Phi) is 5.35. The third-order valence-electron chi connectivity index (χ3n) is 4.88. The molecule has 3 aromatic rings. The van der Waals surface area contributed by atoms with Gasteiger partial charge in [0.15, 0.2) is 6.10 Å². The molecular weight excluding hydrogens is 368 g/mol. The Bertz CT molecular complexity index is 1030. The summed E-state index contributed by atoms with van der Waals surface area (Å²) in [6, 6.07) is 13.4. The number of ether oxygens (including phenoxy) is 2. The van der Waals surface area contributed by atoms with Gasteiger partial charge in [-0.3, -0.25) is 9.97 Å². The highest BCUT2D eigenvalue weighted by atomic mass is 16.5. The van der Waals surface area contributed by atoms with E-state index in [4.69, 9.17) is 14.6 Å². The number of aliphatic carboxylic acids is 1. The standard InChI is InChI=1S/C23H20N2O4/c1-28-21(23(26)27)13-15-4-2-5-16(12-15)29-11-8-19-20-14-24-10-7-17(20)18-6-3-9-25-22(18)19/h2-10,12,14,21H,11,13H2,1H3,(H,26,27). The van der Waals surface area contributed by atoms with Gasteiger partial charge in [0, 0.05) is 48.8 Å². The second-order valence-corrected chi connectivity index (χ2v) is 6.66. The number of nitrogens with zero attached hydrogens (tertiary/aromatic N) is 2. The number of hydrogen-bond acceptors (Lipinski definition) is 5. The van der Waals surface area contributed by atoms with Gasteiger partial charge in [-0.25, -0.2) is 4.79 Å².